The number of nitrogens with zero attached hydrogens (tertiary/aromatic N) is 2. The summed E-state index contributed by atoms with van der Waals surface area (Å²) >= 11 is 0. The van der Waals surface area contributed by atoms with E-state index in [1.54, 1.807) is 12.1 Å². The summed E-state index contributed by atoms with van der Waals surface area (Å²) in [5.41, 5.74) is 0. The van der Waals surface area contributed by atoms with Gasteiger partial charge in [-0.3, -0.25) is 0 Å². The van der Waals surface area contributed by atoms with Crippen LogP contribution in [0, 0.1) is 0 Å². The van der Waals surface area contributed by atoms with E-state index in [0.29, 0.717) is 18.0 Å². The Kier molecular flexibility index (Phi) is 2.32. The third-order valence-electron chi connectivity index (χ3n) is 1.86. The lowest BCUT2D eigenvalue weighted by molar-refractivity contribution is 0.159. The molecule has 0 aliphatic rings. The topological polar surface area (TPSA) is 72.3 Å². The van der Waals surface area contributed by atoms with Gasteiger partial charge in [0.2, 0.25) is 5.82 Å². The number of aromatic nitrogens is 2. The molecular formula is C9H10N2O3. The van der Waals surface area contributed by atoms with Crippen molar-refractivity contribution in [1.29, 1.82) is 0 Å². The lowest BCUT2D eigenvalue weighted by atomic mass is 10.3. The number of rotatable bonds is 3. The summed E-state index contributed by atoms with van der Waals surface area (Å²) in [4.78, 5) is 4.00. The van der Waals surface area contributed by atoms with E-state index in [0.717, 1.165) is 0 Å². The van der Waals surface area contributed by atoms with Gasteiger partial charge in [0.05, 0.1) is 6.26 Å². The maximum atomic E-state index is 9.42. The van der Waals surface area contributed by atoms with Crippen molar-refractivity contribution in [2.24, 2.45) is 0 Å². The van der Waals surface area contributed by atoms with Crippen molar-refractivity contribution in [3.8, 4) is 11.7 Å². The molecule has 2 heterocycles. The zero-order valence-electron chi connectivity index (χ0n) is 7.67. The zero-order chi connectivity index (χ0) is 9.97. The van der Waals surface area contributed by atoms with Crippen molar-refractivity contribution in [3.05, 3.63) is 24.2 Å². The summed E-state index contributed by atoms with van der Waals surface area (Å²) < 4.78 is 9.99. The van der Waals surface area contributed by atoms with E-state index in [9.17, 15) is 5.11 Å². The monoisotopic (exact) mass is 194 g/mol. The fourth-order valence-electron chi connectivity index (χ4n) is 1.05. The Labute approximate surface area is 80.4 Å². The minimum absolute atomic E-state index is 0.289. The summed E-state index contributed by atoms with van der Waals surface area (Å²) in [6.07, 6.45) is 1.40. The molecule has 1 unspecified atom stereocenters. The van der Waals surface area contributed by atoms with Gasteiger partial charge in [0.25, 0.3) is 5.89 Å². The Hall–Kier alpha value is -1.62. The lowest BCUT2D eigenvalue weighted by Crippen LogP contribution is -1.97. The lowest BCUT2D eigenvalue weighted by Gasteiger charge is -1.97. The second-order valence-electron chi connectivity index (χ2n) is 2.86. The molecule has 0 radical (unpaired) electrons. The van der Waals surface area contributed by atoms with Crippen LogP contribution in [0.2, 0.25) is 0 Å². The molecular weight excluding hydrogens is 184 g/mol. The van der Waals surface area contributed by atoms with E-state index in [2.05, 4.69) is 10.1 Å². The van der Waals surface area contributed by atoms with Crippen LogP contribution in [0.15, 0.2) is 27.3 Å². The smallest absolute Gasteiger partial charge is 0.293 e. The van der Waals surface area contributed by atoms with Gasteiger partial charge in [0, 0.05) is 0 Å². The highest BCUT2D eigenvalue weighted by molar-refractivity contribution is 5.42. The van der Waals surface area contributed by atoms with Crippen LogP contribution in [0.25, 0.3) is 11.7 Å². The first-order valence-electron chi connectivity index (χ1n) is 4.36. The second kappa shape index (κ2) is 3.63. The Morgan fingerprint density at radius 3 is 3.07 bits per heavy atom. The predicted octanol–water partition coefficient (Wildman–Crippen LogP) is 1.77. The molecule has 0 fully saturated rings. The molecule has 2 aromatic rings. The molecule has 0 aliphatic carbocycles. The first-order chi connectivity index (χ1) is 6.81. The Bertz CT molecular complexity index is 394. The number of hydrogen-bond donors (Lipinski definition) is 1. The molecule has 74 valence electrons. The second-order valence-corrected chi connectivity index (χ2v) is 2.86. The molecule has 0 bridgehead atoms. The Balaban J connectivity index is 2.26. The van der Waals surface area contributed by atoms with Gasteiger partial charge in [-0.2, -0.15) is 4.98 Å². The predicted molar refractivity (Wildman–Crippen MR) is 47.3 cm³/mol. The standard InChI is InChI=1S/C9H10N2O3/c1-2-6(12)8-10-9(14-11-8)7-4-3-5-13-7/h3-6,12H,2H2,1H3. The van der Waals surface area contributed by atoms with Gasteiger partial charge >= 0.3 is 0 Å². The van der Waals surface area contributed by atoms with Gasteiger partial charge in [-0.15, -0.1) is 0 Å². The van der Waals surface area contributed by atoms with Crippen molar-refractivity contribution < 1.29 is 14.0 Å². The third kappa shape index (κ3) is 1.54. The van der Waals surface area contributed by atoms with Gasteiger partial charge in [0.1, 0.15) is 6.10 Å². The van der Waals surface area contributed by atoms with Crippen molar-refractivity contribution in [2.75, 3.05) is 0 Å². The molecule has 1 N–H and O–H groups in total. The minimum atomic E-state index is -0.678. The average Bonchev–Trinajstić information content (AvgIpc) is 2.86. The summed E-state index contributed by atoms with van der Waals surface area (Å²) in [7, 11) is 0. The molecule has 5 nitrogen and oxygen atoms in total. The molecule has 2 rings (SSSR count). The van der Waals surface area contributed by atoms with Gasteiger partial charge in [0.15, 0.2) is 5.76 Å². The van der Waals surface area contributed by atoms with Crippen molar-refractivity contribution >= 4 is 0 Å². The van der Waals surface area contributed by atoms with E-state index >= 15 is 0 Å². The van der Waals surface area contributed by atoms with Crippen LogP contribution in [-0.4, -0.2) is 15.2 Å². The molecule has 0 saturated carbocycles. The van der Waals surface area contributed by atoms with Crippen LogP contribution in [-0.2, 0) is 0 Å². The number of furan rings is 1. The Morgan fingerprint density at radius 1 is 1.57 bits per heavy atom. The first kappa shape index (κ1) is 8.96. The SMILES string of the molecule is CCC(O)c1noc(-c2ccco2)n1. The number of aliphatic hydroxyl groups is 1. The summed E-state index contributed by atoms with van der Waals surface area (Å²) in [5, 5.41) is 13.1. The molecule has 0 aliphatic heterocycles. The number of aliphatic hydroxyl groups excluding tert-OH is 1. The normalized spacial score (nSPS) is 13.0. The van der Waals surface area contributed by atoms with E-state index in [4.69, 9.17) is 8.94 Å². The largest absolute Gasteiger partial charge is 0.459 e. The fraction of sp³-hybridized carbons (Fsp3) is 0.333. The van der Waals surface area contributed by atoms with Crippen LogP contribution in [0.5, 0.6) is 0 Å². The molecule has 0 spiro atoms. The van der Waals surface area contributed by atoms with Crippen molar-refractivity contribution in [2.45, 2.75) is 19.4 Å². The van der Waals surface area contributed by atoms with Crippen molar-refractivity contribution in [3.63, 3.8) is 0 Å². The van der Waals surface area contributed by atoms with E-state index < -0.39 is 6.10 Å². The summed E-state index contributed by atoms with van der Waals surface area (Å²) in [6.45, 7) is 1.84. The molecule has 2 aromatic heterocycles. The molecule has 1 atom stereocenters. The first-order valence-corrected chi connectivity index (χ1v) is 4.36. The minimum Gasteiger partial charge on any atom is -0.459 e. The highest BCUT2D eigenvalue weighted by Crippen LogP contribution is 2.20. The molecule has 14 heavy (non-hydrogen) atoms. The highest BCUT2D eigenvalue weighted by Gasteiger charge is 2.15. The summed E-state index contributed by atoms with van der Waals surface area (Å²) in [6, 6.07) is 3.45. The molecule has 5 heteroatoms. The third-order valence-corrected chi connectivity index (χ3v) is 1.86. The maximum Gasteiger partial charge on any atom is 0.293 e. The highest BCUT2D eigenvalue weighted by atomic mass is 16.5. The molecule has 0 amide bonds. The molecule has 0 saturated heterocycles. The van der Waals surface area contributed by atoms with Gasteiger partial charge < -0.3 is 14.0 Å². The fourth-order valence-corrected chi connectivity index (χ4v) is 1.05. The molecule has 0 aromatic carbocycles. The average molecular weight is 194 g/mol. The van der Waals surface area contributed by atoms with Gasteiger partial charge in [-0.25, -0.2) is 0 Å². The van der Waals surface area contributed by atoms with E-state index in [-0.39, 0.29) is 5.89 Å². The zero-order valence-corrected chi connectivity index (χ0v) is 7.67. The Morgan fingerprint density at radius 2 is 2.43 bits per heavy atom. The van der Waals surface area contributed by atoms with Crippen LogP contribution < -0.4 is 0 Å². The van der Waals surface area contributed by atoms with Crippen molar-refractivity contribution in [1.82, 2.24) is 10.1 Å². The summed E-state index contributed by atoms with van der Waals surface area (Å²) in [5.74, 6) is 1.09. The maximum absolute atomic E-state index is 9.42. The quantitative estimate of drug-likeness (QED) is 0.806. The number of hydrogen-bond acceptors (Lipinski definition) is 5. The van der Waals surface area contributed by atoms with Gasteiger partial charge in [-0.1, -0.05) is 12.1 Å². The van der Waals surface area contributed by atoms with Crippen LogP contribution in [0.3, 0.4) is 0 Å². The van der Waals surface area contributed by atoms with E-state index in [1.165, 1.54) is 6.26 Å². The van der Waals surface area contributed by atoms with E-state index in [1.807, 2.05) is 6.92 Å². The van der Waals surface area contributed by atoms with Crippen LogP contribution >= 0.6 is 0 Å². The van der Waals surface area contributed by atoms with Crippen LogP contribution in [0.4, 0.5) is 0 Å². The van der Waals surface area contributed by atoms with Gasteiger partial charge in [-0.05, 0) is 18.6 Å². The van der Waals surface area contributed by atoms with Crippen LogP contribution in [0.1, 0.15) is 25.3 Å².